The number of amides is 1. The second-order valence-electron chi connectivity index (χ2n) is 5.70. The van der Waals surface area contributed by atoms with E-state index in [4.69, 9.17) is 4.74 Å². The molecule has 0 unspecified atom stereocenters. The number of nitrogens with zero attached hydrogens (tertiary/aromatic N) is 2. The quantitative estimate of drug-likeness (QED) is 0.884. The summed E-state index contributed by atoms with van der Waals surface area (Å²) in [5.74, 6) is -0.208. The first-order valence-electron chi connectivity index (χ1n) is 6.95. The Hall–Kier alpha value is -1.66. The number of benzene rings is 1. The average Bonchev–Trinajstić information content (AvgIpc) is 2.90. The van der Waals surface area contributed by atoms with Crippen molar-refractivity contribution in [2.45, 2.75) is 33.0 Å². The molecule has 6 heteroatoms. The van der Waals surface area contributed by atoms with Crippen molar-refractivity contribution in [3.63, 3.8) is 0 Å². The van der Waals surface area contributed by atoms with E-state index in [2.05, 4.69) is 32.4 Å². The first-order valence-corrected chi connectivity index (χ1v) is 7.74. The second-order valence-corrected chi connectivity index (χ2v) is 6.56. The molecule has 0 radical (unpaired) electrons. The fourth-order valence-corrected chi connectivity index (χ4v) is 2.39. The van der Waals surface area contributed by atoms with E-state index < -0.39 is 5.54 Å². The van der Waals surface area contributed by atoms with Gasteiger partial charge in [-0.3, -0.25) is 4.79 Å². The summed E-state index contributed by atoms with van der Waals surface area (Å²) in [4.78, 5) is 12.4. The van der Waals surface area contributed by atoms with Crippen molar-refractivity contribution in [1.29, 1.82) is 0 Å². The summed E-state index contributed by atoms with van der Waals surface area (Å²) < 4.78 is 7.61. The Morgan fingerprint density at radius 1 is 1.41 bits per heavy atom. The van der Waals surface area contributed by atoms with Crippen LogP contribution in [0.15, 0.2) is 34.9 Å². The second kappa shape index (κ2) is 6.62. The molecule has 118 valence electrons. The zero-order chi connectivity index (χ0) is 16.3. The Morgan fingerprint density at radius 2 is 2.14 bits per heavy atom. The third-order valence-corrected chi connectivity index (χ3v) is 4.33. The molecule has 0 aliphatic rings. The van der Waals surface area contributed by atoms with Gasteiger partial charge in [0.1, 0.15) is 12.4 Å². The highest BCUT2D eigenvalue weighted by molar-refractivity contribution is 9.10. The summed E-state index contributed by atoms with van der Waals surface area (Å²) in [5.41, 5.74) is 2.05. The number of carbonyl (C=O) groups excluding carboxylic acids is 1. The molecule has 2 aromatic rings. The van der Waals surface area contributed by atoms with Gasteiger partial charge < -0.3 is 10.1 Å². The molecule has 1 aromatic carbocycles. The molecule has 1 N–H and O–H groups in total. The maximum Gasteiger partial charge on any atom is 0.272 e. The third-order valence-electron chi connectivity index (χ3n) is 3.44. The van der Waals surface area contributed by atoms with E-state index in [0.717, 1.165) is 15.6 Å². The molecule has 0 saturated carbocycles. The number of aromatic nitrogens is 2. The van der Waals surface area contributed by atoms with Gasteiger partial charge in [-0.1, -0.05) is 28.1 Å². The van der Waals surface area contributed by atoms with Crippen LogP contribution in [0.2, 0.25) is 0 Å². The zero-order valence-corrected chi connectivity index (χ0v) is 14.8. The molecule has 22 heavy (non-hydrogen) atoms. The largest absolute Gasteiger partial charge is 0.362 e. The molecule has 0 aliphatic carbocycles. The third kappa shape index (κ3) is 3.75. The lowest BCUT2D eigenvalue weighted by Gasteiger charge is -2.27. The minimum Gasteiger partial charge on any atom is -0.362 e. The SMILES string of the molecule is COCn1ccc(C(=O)NC(C)(C)c2ccc(Br)c(C)c2)n1. The fraction of sp³-hybridized carbons (Fsp3) is 0.375. The minimum absolute atomic E-state index is 0.208. The van der Waals surface area contributed by atoms with Crippen LogP contribution in [0.5, 0.6) is 0 Å². The molecular formula is C16H20BrN3O2. The van der Waals surface area contributed by atoms with Gasteiger partial charge in [0.25, 0.3) is 5.91 Å². The van der Waals surface area contributed by atoms with Gasteiger partial charge in [-0.25, -0.2) is 4.68 Å². The van der Waals surface area contributed by atoms with Gasteiger partial charge in [0, 0.05) is 17.8 Å². The van der Waals surface area contributed by atoms with Gasteiger partial charge in [-0.15, -0.1) is 0 Å². The van der Waals surface area contributed by atoms with E-state index in [1.54, 1.807) is 24.1 Å². The molecule has 2 rings (SSSR count). The number of nitrogens with one attached hydrogen (secondary N) is 1. The molecular weight excluding hydrogens is 346 g/mol. The Labute approximate surface area is 138 Å². The minimum atomic E-state index is -0.492. The highest BCUT2D eigenvalue weighted by Crippen LogP contribution is 2.25. The van der Waals surface area contributed by atoms with Gasteiger partial charge in [0.05, 0.1) is 5.54 Å². The smallest absolute Gasteiger partial charge is 0.272 e. The van der Waals surface area contributed by atoms with Crippen molar-refractivity contribution >= 4 is 21.8 Å². The van der Waals surface area contributed by atoms with Crippen LogP contribution < -0.4 is 5.32 Å². The van der Waals surface area contributed by atoms with Crippen LogP contribution in [-0.4, -0.2) is 22.8 Å². The number of aryl methyl sites for hydroxylation is 1. The van der Waals surface area contributed by atoms with Crippen molar-refractivity contribution in [1.82, 2.24) is 15.1 Å². The Bertz CT molecular complexity index is 680. The first-order chi connectivity index (χ1) is 10.3. The monoisotopic (exact) mass is 365 g/mol. The zero-order valence-electron chi connectivity index (χ0n) is 13.2. The molecule has 1 aromatic heterocycles. The van der Waals surface area contributed by atoms with Crippen molar-refractivity contribution in [2.75, 3.05) is 7.11 Å². The van der Waals surface area contributed by atoms with Crippen LogP contribution in [0.3, 0.4) is 0 Å². The molecule has 0 spiro atoms. The summed E-state index contributed by atoms with van der Waals surface area (Å²) >= 11 is 3.49. The summed E-state index contributed by atoms with van der Waals surface area (Å²) in [6.07, 6.45) is 1.72. The molecule has 0 saturated heterocycles. The van der Waals surface area contributed by atoms with E-state index in [1.165, 1.54) is 0 Å². The maximum absolute atomic E-state index is 12.4. The van der Waals surface area contributed by atoms with Crippen molar-refractivity contribution < 1.29 is 9.53 Å². The molecule has 0 bridgehead atoms. The topological polar surface area (TPSA) is 56.1 Å². The standard InChI is InChI=1S/C16H20BrN3O2/c1-11-9-12(5-6-13(11)17)16(2,3)18-15(21)14-7-8-20(19-14)10-22-4/h5-9H,10H2,1-4H3,(H,18,21). The summed E-state index contributed by atoms with van der Waals surface area (Å²) in [7, 11) is 1.58. The summed E-state index contributed by atoms with van der Waals surface area (Å²) in [6, 6.07) is 7.73. The van der Waals surface area contributed by atoms with Crippen LogP contribution in [0, 0.1) is 6.92 Å². The maximum atomic E-state index is 12.4. The van der Waals surface area contributed by atoms with E-state index >= 15 is 0 Å². The van der Waals surface area contributed by atoms with Gasteiger partial charge >= 0.3 is 0 Å². The van der Waals surface area contributed by atoms with Gasteiger partial charge in [-0.2, -0.15) is 5.10 Å². The number of hydrogen-bond acceptors (Lipinski definition) is 3. The number of methoxy groups -OCH3 is 1. The van der Waals surface area contributed by atoms with Crippen LogP contribution in [0.25, 0.3) is 0 Å². The van der Waals surface area contributed by atoms with Crippen molar-refractivity contribution in [2.24, 2.45) is 0 Å². The summed E-state index contributed by atoms with van der Waals surface area (Å²) in [6.45, 7) is 6.29. The average molecular weight is 366 g/mol. The Balaban J connectivity index is 2.15. The van der Waals surface area contributed by atoms with E-state index in [-0.39, 0.29) is 5.91 Å². The Morgan fingerprint density at radius 3 is 2.77 bits per heavy atom. The fourth-order valence-electron chi connectivity index (χ4n) is 2.14. The van der Waals surface area contributed by atoms with E-state index in [0.29, 0.717) is 12.4 Å². The van der Waals surface area contributed by atoms with Gasteiger partial charge in [0.2, 0.25) is 0 Å². The van der Waals surface area contributed by atoms with Gasteiger partial charge in [-0.05, 0) is 44.0 Å². The van der Waals surface area contributed by atoms with Crippen molar-refractivity contribution in [3.8, 4) is 0 Å². The first kappa shape index (κ1) is 16.7. The van der Waals surface area contributed by atoms with Crippen LogP contribution in [0.1, 0.15) is 35.5 Å². The highest BCUT2D eigenvalue weighted by Gasteiger charge is 2.25. The lowest BCUT2D eigenvalue weighted by atomic mass is 9.93. The molecule has 0 aliphatic heterocycles. The molecule has 5 nitrogen and oxygen atoms in total. The number of hydrogen-bond donors (Lipinski definition) is 1. The normalized spacial score (nSPS) is 11.5. The van der Waals surface area contributed by atoms with Crippen molar-refractivity contribution in [3.05, 3.63) is 51.8 Å². The molecule has 1 amide bonds. The predicted octanol–water partition coefficient (Wildman–Crippen LogP) is 3.22. The highest BCUT2D eigenvalue weighted by atomic mass is 79.9. The number of rotatable bonds is 5. The number of carbonyl (C=O) groups is 1. The Kier molecular flexibility index (Phi) is 5.03. The molecule has 0 fully saturated rings. The lowest BCUT2D eigenvalue weighted by Crippen LogP contribution is -2.41. The van der Waals surface area contributed by atoms with E-state index in [1.807, 2.05) is 32.9 Å². The number of ether oxygens (including phenoxy) is 1. The van der Waals surface area contributed by atoms with Gasteiger partial charge in [0.15, 0.2) is 0 Å². The predicted molar refractivity (Wildman–Crippen MR) is 88.6 cm³/mol. The number of halogens is 1. The summed E-state index contributed by atoms with van der Waals surface area (Å²) in [5, 5.41) is 7.20. The van der Waals surface area contributed by atoms with Crippen LogP contribution >= 0.6 is 15.9 Å². The van der Waals surface area contributed by atoms with E-state index in [9.17, 15) is 4.79 Å². The van der Waals surface area contributed by atoms with Crippen LogP contribution in [-0.2, 0) is 17.0 Å². The molecule has 1 heterocycles. The lowest BCUT2D eigenvalue weighted by molar-refractivity contribution is 0.0899. The molecule has 0 atom stereocenters. The van der Waals surface area contributed by atoms with Crippen LogP contribution in [0.4, 0.5) is 0 Å².